The van der Waals surface area contributed by atoms with Crippen molar-refractivity contribution in [1.29, 1.82) is 0 Å². The first-order valence-electron chi connectivity index (χ1n) is 18.9. The number of aliphatic hydroxyl groups is 1. The lowest BCUT2D eigenvalue weighted by atomic mass is 9.97. The Hall–Kier alpha value is -3.56. The van der Waals surface area contributed by atoms with Gasteiger partial charge in [0.2, 0.25) is 0 Å². The van der Waals surface area contributed by atoms with Crippen LogP contribution in [0.1, 0.15) is 36.1 Å². The van der Waals surface area contributed by atoms with E-state index in [1.807, 2.05) is 121 Å². The van der Waals surface area contributed by atoms with Crippen LogP contribution >= 0.6 is 0 Å². The summed E-state index contributed by atoms with van der Waals surface area (Å²) in [6, 6.07) is 39.9. The van der Waals surface area contributed by atoms with Gasteiger partial charge in [-0.2, -0.15) is 0 Å². The maximum Gasteiger partial charge on any atom is 0.187 e. The second kappa shape index (κ2) is 19.1. The largest absolute Gasteiger partial charge is 0.385 e. The normalized spacial score (nSPS) is 30.2. The van der Waals surface area contributed by atoms with Crippen molar-refractivity contribution in [3.63, 3.8) is 0 Å². The van der Waals surface area contributed by atoms with Crippen LogP contribution in [0.25, 0.3) is 0 Å². The predicted molar refractivity (Wildman–Crippen MR) is 201 cm³/mol. The standard InChI is InChI=1S/C44H52O11/c1-44(2)54-38-35(52-42(46-3)36(45)39(38)55-44)29-51-43-41(50-27-33-22-14-7-15-23-33)40(49-26-32-20-12-6-13-21-32)37(48-25-31-18-10-5-11-19-31)34(53-43)28-47-24-30-16-8-4-9-17-30/h4-23,34-43,45H,24-29H2,1-3H3/t34-,35-,36-,37+,38+,39-,40+,41-,42-,43+/m1/s1. The zero-order valence-electron chi connectivity index (χ0n) is 31.6. The first-order valence-corrected chi connectivity index (χ1v) is 18.9. The highest BCUT2D eigenvalue weighted by atomic mass is 16.8. The van der Waals surface area contributed by atoms with E-state index in [0.717, 1.165) is 22.3 Å². The number of ether oxygens (including phenoxy) is 10. The fourth-order valence-electron chi connectivity index (χ4n) is 7.25. The van der Waals surface area contributed by atoms with E-state index >= 15 is 0 Å². The highest BCUT2D eigenvalue weighted by molar-refractivity contribution is 5.16. The van der Waals surface area contributed by atoms with E-state index in [1.54, 1.807) is 13.8 Å². The molecule has 55 heavy (non-hydrogen) atoms. The molecular weight excluding hydrogens is 704 g/mol. The van der Waals surface area contributed by atoms with Crippen LogP contribution in [0.4, 0.5) is 0 Å². The van der Waals surface area contributed by atoms with Gasteiger partial charge in [0.15, 0.2) is 18.4 Å². The summed E-state index contributed by atoms with van der Waals surface area (Å²) in [5.41, 5.74) is 4.02. The molecule has 0 aromatic heterocycles. The summed E-state index contributed by atoms with van der Waals surface area (Å²) < 4.78 is 64.2. The van der Waals surface area contributed by atoms with Gasteiger partial charge in [-0.05, 0) is 36.1 Å². The van der Waals surface area contributed by atoms with Crippen LogP contribution in [0, 0.1) is 0 Å². The van der Waals surface area contributed by atoms with Gasteiger partial charge in [-0.3, -0.25) is 0 Å². The van der Waals surface area contributed by atoms with Crippen molar-refractivity contribution in [2.75, 3.05) is 20.3 Å². The molecule has 1 N–H and O–H groups in total. The van der Waals surface area contributed by atoms with E-state index < -0.39 is 67.2 Å². The van der Waals surface area contributed by atoms with Gasteiger partial charge in [-0.1, -0.05) is 121 Å². The summed E-state index contributed by atoms with van der Waals surface area (Å²) in [5.74, 6) is -0.940. The van der Waals surface area contributed by atoms with Gasteiger partial charge in [0.1, 0.15) is 48.8 Å². The second-order valence-electron chi connectivity index (χ2n) is 14.5. The van der Waals surface area contributed by atoms with Gasteiger partial charge in [0, 0.05) is 7.11 Å². The number of rotatable bonds is 17. The summed E-state index contributed by atoms with van der Waals surface area (Å²) in [4.78, 5) is 0. The fourth-order valence-corrected chi connectivity index (χ4v) is 7.25. The molecule has 3 aliphatic rings. The van der Waals surface area contributed by atoms with Crippen LogP contribution in [0.5, 0.6) is 0 Å². The molecule has 11 nitrogen and oxygen atoms in total. The van der Waals surface area contributed by atoms with Crippen LogP contribution in [0.15, 0.2) is 121 Å². The van der Waals surface area contributed by atoms with E-state index in [0.29, 0.717) is 19.8 Å². The molecule has 3 saturated heterocycles. The Kier molecular flexibility index (Phi) is 13.7. The van der Waals surface area contributed by atoms with Crippen molar-refractivity contribution in [3.05, 3.63) is 144 Å². The number of fused-ring (bicyclic) bond motifs is 1. The van der Waals surface area contributed by atoms with Gasteiger partial charge in [-0.25, -0.2) is 0 Å². The van der Waals surface area contributed by atoms with Gasteiger partial charge < -0.3 is 52.5 Å². The minimum absolute atomic E-state index is 0.0155. The maximum absolute atomic E-state index is 11.0. The topological polar surface area (TPSA) is 113 Å². The molecule has 3 aliphatic heterocycles. The lowest BCUT2D eigenvalue weighted by Crippen LogP contribution is -2.63. The summed E-state index contributed by atoms with van der Waals surface area (Å²) >= 11 is 0. The van der Waals surface area contributed by atoms with Gasteiger partial charge >= 0.3 is 0 Å². The van der Waals surface area contributed by atoms with Gasteiger partial charge in [0.25, 0.3) is 0 Å². The van der Waals surface area contributed by atoms with E-state index in [9.17, 15) is 5.11 Å². The molecule has 11 heteroatoms. The Morgan fingerprint density at radius 1 is 0.509 bits per heavy atom. The minimum atomic E-state index is -1.05. The Morgan fingerprint density at radius 3 is 1.49 bits per heavy atom. The molecule has 10 atom stereocenters. The van der Waals surface area contributed by atoms with E-state index in [-0.39, 0.29) is 19.8 Å². The first kappa shape index (κ1) is 39.7. The Balaban J connectivity index is 1.19. The molecule has 3 heterocycles. The summed E-state index contributed by atoms with van der Waals surface area (Å²) in [7, 11) is 1.48. The summed E-state index contributed by atoms with van der Waals surface area (Å²) in [6.07, 6.45) is -7.56. The molecular formula is C44H52O11. The highest BCUT2D eigenvalue weighted by Crippen LogP contribution is 2.39. The Bertz CT molecular complexity index is 1700. The number of hydrogen-bond acceptors (Lipinski definition) is 11. The molecule has 0 saturated carbocycles. The smallest absolute Gasteiger partial charge is 0.187 e. The van der Waals surface area contributed by atoms with E-state index in [1.165, 1.54) is 7.11 Å². The van der Waals surface area contributed by atoms with Crippen molar-refractivity contribution in [1.82, 2.24) is 0 Å². The Morgan fingerprint density at radius 2 is 0.964 bits per heavy atom. The molecule has 0 spiro atoms. The highest BCUT2D eigenvalue weighted by Gasteiger charge is 2.56. The van der Waals surface area contributed by atoms with Crippen molar-refractivity contribution >= 4 is 0 Å². The molecule has 4 aromatic rings. The molecule has 0 radical (unpaired) electrons. The zero-order chi connectivity index (χ0) is 38.0. The molecule has 0 aliphatic carbocycles. The van der Waals surface area contributed by atoms with Gasteiger partial charge in [0.05, 0.1) is 39.6 Å². The third-order valence-corrected chi connectivity index (χ3v) is 9.95. The average Bonchev–Trinajstić information content (AvgIpc) is 3.56. The summed E-state index contributed by atoms with van der Waals surface area (Å²) in [5, 5.41) is 11.0. The second-order valence-corrected chi connectivity index (χ2v) is 14.5. The van der Waals surface area contributed by atoms with Crippen molar-refractivity contribution < 1.29 is 52.5 Å². The van der Waals surface area contributed by atoms with Crippen molar-refractivity contribution in [2.24, 2.45) is 0 Å². The quantitative estimate of drug-likeness (QED) is 0.138. The van der Waals surface area contributed by atoms with E-state index in [2.05, 4.69) is 0 Å². The molecule has 0 bridgehead atoms. The zero-order valence-corrected chi connectivity index (χ0v) is 31.6. The molecule has 7 rings (SSSR count). The molecule has 3 fully saturated rings. The number of benzene rings is 4. The molecule has 4 aromatic carbocycles. The summed E-state index contributed by atoms with van der Waals surface area (Å²) in [6.45, 7) is 5.09. The van der Waals surface area contributed by atoms with Crippen LogP contribution in [0.3, 0.4) is 0 Å². The lowest BCUT2D eigenvalue weighted by Gasteiger charge is -2.46. The number of hydrogen-bond donors (Lipinski definition) is 1. The molecule has 0 amide bonds. The first-order chi connectivity index (χ1) is 26.9. The lowest BCUT2D eigenvalue weighted by molar-refractivity contribution is -0.340. The molecule has 294 valence electrons. The van der Waals surface area contributed by atoms with Crippen LogP contribution in [0.2, 0.25) is 0 Å². The Labute approximate surface area is 323 Å². The van der Waals surface area contributed by atoms with Crippen LogP contribution < -0.4 is 0 Å². The van der Waals surface area contributed by atoms with Crippen LogP contribution in [-0.2, 0) is 73.8 Å². The van der Waals surface area contributed by atoms with Crippen LogP contribution in [-0.4, -0.2) is 92.6 Å². The number of methoxy groups -OCH3 is 1. The third kappa shape index (κ3) is 10.4. The monoisotopic (exact) mass is 756 g/mol. The van der Waals surface area contributed by atoms with E-state index in [4.69, 9.17) is 47.4 Å². The minimum Gasteiger partial charge on any atom is -0.385 e. The van der Waals surface area contributed by atoms with Crippen molar-refractivity contribution in [2.45, 2.75) is 107 Å². The van der Waals surface area contributed by atoms with Gasteiger partial charge in [-0.15, -0.1) is 0 Å². The SMILES string of the molecule is CO[C@@H]1O[C@H](CO[C@H]2O[C@H](COCc3ccccc3)[C@H](OCc3ccccc3)[C@H](OCc3ccccc3)[C@H]2OCc2ccccc2)[C@@H]2OC(C)(C)O[C@@H]2[C@H]1O. The molecule has 0 unspecified atom stereocenters. The average molecular weight is 757 g/mol. The number of aliphatic hydroxyl groups excluding tert-OH is 1. The third-order valence-electron chi connectivity index (χ3n) is 9.95. The predicted octanol–water partition coefficient (Wildman–Crippen LogP) is 5.95. The fraction of sp³-hybridized carbons (Fsp3) is 0.455. The van der Waals surface area contributed by atoms with Crippen molar-refractivity contribution in [3.8, 4) is 0 Å². The maximum atomic E-state index is 11.0.